The highest BCUT2D eigenvalue weighted by atomic mass is 16.7. The van der Waals surface area contributed by atoms with Crippen LogP contribution in [0.3, 0.4) is 0 Å². The molecule has 1 aliphatic rings. The Labute approximate surface area is 176 Å². The number of rotatable bonds is 6. The lowest BCUT2D eigenvalue weighted by Gasteiger charge is -2.17. The lowest BCUT2D eigenvalue weighted by Crippen LogP contribution is -2.22. The van der Waals surface area contributed by atoms with E-state index < -0.39 is 0 Å². The standard InChI is InChI=1S/C25H24N2O3/c1-18-7-12-22(27-13-4-14-30-27)16-24(18)20-8-10-21(11-9-20)25(28)26-17-19-5-3-6-23(15-19)29-2/h3-13,15-16H,14,17H2,1-2H3,(H,26,28). The van der Waals surface area contributed by atoms with E-state index in [2.05, 4.69) is 24.4 Å². The third kappa shape index (κ3) is 4.36. The van der Waals surface area contributed by atoms with Gasteiger partial charge in [0.2, 0.25) is 0 Å². The average molecular weight is 400 g/mol. The van der Waals surface area contributed by atoms with E-state index in [9.17, 15) is 4.79 Å². The summed E-state index contributed by atoms with van der Waals surface area (Å²) in [5, 5.41) is 4.73. The molecule has 0 saturated heterocycles. The average Bonchev–Trinajstić information content (AvgIpc) is 3.33. The number of amides is 1. The van der Waals surface area contributed by atoms with Crippen molar-refractivity contribution in [2.45, 2.75) is 13.5 Å². The molecule has 4 rings (SSSR count). The quantitative estimate of drug-likeness (QED) is 0.642. The number of carbonyl (C=O) groups excluding carboxylic acids is 1. The van der Waals surface area contributed by atoms with E-state index in [1.807, 2.05) is 66.9 Å². The molecular weight excluding hydrogens is 376 g/mol. The van der Waals surface area contributed by atoms with Gasteiger partial charge in [-0.2, -0.15) is 0 Å². The summed E-state index contributed by atoms with van der Waals surface area (Å²) in [6, 6.07) is 21.6. The van der Waals surface area contributed by atoms with Crippen molar-refractivity contribution in [3.63, 3.8) is 0 Å². The molecule has 0 radical (unpaired) electrons. The Hall–Kier alpha value is -3.57. The highest BCUT2D eigenvalue weighted by Crippen LogP contribution is 2.29. The van der Waals surface area contributed by atoms with Gasteiger partial charge in [0.15, 0.2) is 0 Å². The molecule has 1 amide bonds. The van der Waals surface area contributed by atoms with Crippen LogP contribution in [0.5, 0.6) is 5.75 Å². The Morgan fingerprint density at radius 1 is 1.10 bits per heavy atom. The third-order valence-corrected chi connectivity index (χ3v) is 5.07. The molecule has 0 atom stereocenters. The summed E-state index contributed by atoms with van der Waals surface area (Å²) in [4.78, 5) is 18.1. The van der Waals surface area contributed by atoms with Gasteiger partial charge in [0, 0.05) is 18.3 Å². The molecule has 1 N–H and O–H groups in total. The fourth-order valence-corrected chi connectivity index (χ4v) is 3.39. The van der Waals surface area contributed by atoms with E-state index in [0.717, 1.165) is 33.7 Å². The zero-order valence-electron chi connectivity index (χ0n) is 17.1. The Morgan fingerprint density at radius 2 is 1.93 bits per heavy atom. The van der Waals surface area contributed by atoms with E-state index >= 15 is 0 Å². The molecule has 152 valence electrons. The summed E-state index contributed by atoms with van der Waals surface area (Å²) >= 11 is 0. The van der Waals surface area contributed by atoms with Gasteiger partial charge in [-0.3, -0.25) is 9.63 Å². The number of hydroxylamine groups is 1. The Kier molecular flexibility index (Phi) is 5.82. The molecule has 0 saturated carbocycles. The fourth-order valence-electron chi connectivity index (χ4n) is 3.39. The zero-order chi connectivity index (χ0) is 20.9. The van der Waals surface area contributed by atoms with E-state index in [0.29, 0.717) is 18.7 Å². The molecule has 0 fully saturated rings. The molecule has 30 heavy (non-hydrogen) atoms. The Bertz CT molecular complexity index is 1070. The monoisotopic (exact) mass is 400 g/mol. The van der Waals surface area contributed by atoms with Gasteiger partial charge in [0.05, 0.1) is 19.4 Å². The van der Waals surface area contributed by atoms with Crippen LogP contribution in [0.15, 0.2) is 79.0 Å². The first kappa shape index (κ1) is 19.7. The van der Waals surface area contributed by atoms with Crippen molar-refractivity contribution in [1.29, 1.82) is 0 Å². The molecule has 0 aliphatic carbocycles. The van der Waals surface area contributed by atoms with Crippen LogP contribution in [0.1, 0.15) is 21.5 Å². The van der Waals surface area contributed by atoms with Gasteiger partial charge in [-0.05, 0) is 71.7 Å². The van der Waals surface area contributed by atoms with Crippen molar-refractivity contribution in [2.75, 3.05) is 18.8 Å². The fraction of sp³-hybridized carbons (Fsp3) is 0.160. The summed E-state index contributed by atoms with van der Waals surface area (Å²) < 4.78 is 5.22. The van der Waals surface area contributed by atoms with Crippen LogP contribution in [0.25, 0.3) is 11.1 Å². The Balaban J connectivity index is 1.46. The smallest absolute Gasteiger partial charge is 0.251 e. The molecule has 0 spiro atoms. The SMILES string of the molecule is COc1cccc(CNC(=O)c2ccc(-c3cc(N4C=CCO4)ccc3C)cc2)c1. The molecule has 0 unspecified atom stereocenters. The van der Waals surface area contributed by atoms with Crippen LogP contribution < -0.4 is 15.1 Å². The van der Waals surface area contributed by atoms with Gasteiger partial charge < -0.3 is 10.1 Å². The van der Waals surface area contributed by atoms with Crippen molar-refractivity contribution in [3.8, 4) is 16.9 Å². The predicted molar refractivity (Wildman–Crippen MR) is 118 cm³/mol. The normalized spacial score (nSPS) is 12.8. The summed E-state index contributed by atoms with van der Waals surface area (Å²) in [6.07, 6.45) is 3.89. The number of ether oxygens (including phenoxy) is 1. The second-order valence-electron chi connectivity index (χ2n) is 7.12. The van der Waals surface area contributed by atoms with Crippen molar-refractivity contribution in [1.82, 2.24) is 5.32 Å². The summed E-state index contributed by atoms with van der Waals surface area (Å²) in [6.45, 7) is 3.11. The number of anilines is 1. The van der Waals surface area contributed by atoms with E-state index in [1.165, 1.54) is 0 Å². The van der Waals surface area contributed by atoms with Gasteiger partial charge in [-0.1, -0.05) is 30.3 Å². The number of nitrogens with one attached hydrogen (secondary N) is 1. The van der Waals surface area contributed by atoms with Crippen molar-refractivity contribution >= 4 is 11.6 Å². The maximum absolute atomic E-state index is 12.5. The van der Waals surface area contributed by atoms with Gasteiger partial charge in [-0.15, -0.1) is 0 Å². The zero-order valence-corrected chi connectivity index (χ0v) is 17.1. The van der Waals surface area contributed by atoms with E-state index in [4.69, 9.17) is 9.57 Å². The molecule has 0 bridgehead atoms. The number of aryl methyl sites for hydroxylation is 1. The Morgan fingerprint density at radius 3 is 2.67 bits per heavy atom. The van der Waals surface area contributed by atoms with E-state index in [1.54, 1.807) is 12.2 Å². The molecule has 1 aliphatic heterocycles. The van der Waals surface area contributed by atoms with Crippen molar-refractivity contribution in [3.05, 3.63) is 95.7 Å². The van der Waals surface area contributed by atoms with Gasteiger partial charge in [-0.25, -0.2) is 5.06 Å². The minimum Gasteiger partial charge on any atom is -0.497 e. The molecule has 5 heteroatoms. The number of carbonyl (C=O) groups is 1. The van der Waals surface area contributed by atoms with Crippen LogP contribution in [0, 0.1) is 6.92 Å². The third-order valence-electron chi connectivity index (χ3n) is 5.07. The summed E-state index contributed by atoms with van der Waals surface area (Å²) in [5.74, 6) is 0.670. The van der Waals surface area contributed by atoms with Crippen LogP contribution in [0.4, 0.5) is 5.69 Å². The van der Waals surface area contributed by atoms with Gasteiger partial charge in [0.1, 0.15) is 5.75 Å². The number of benzene rings is 3. The first-order valence-corrected chi connectivity index (χ1v) is 9.85. The minimum absolute atomic E-state index is 0.106. The topological polar surface area (TPSA) is 50.8 Å². The van der Waals surface area contributed by atoms with Crippen molar-refractivity contribution in [2.24, 2.45) is 0 Å². The largest absolute Gasteiger partial charge is 0.497 e. The van der Waals surface area contributed by atoms with Gasteiger partial charge in [0.25, 0.3) is 5.91 Å². The van der Waals surface area contributed by atoms with Crippen LogP contribution in [-0.2, 0) is 11.4 Å². The maximum atomic E-state index is 12.5. The molecule has 5 nitrogen and oxygen atoms in total. The number of nitrogens with zero attached hydrogens (tertiary/aromatic N) is 1. The first-order chi connectivity index (χ1) is 14.6. The second kappa shape index (κ2) is 8.84. The molecule has 0 aromatic heterocycles. The molecular formula is C25H24N2O3. The van der Waals surface area contributed by atoms with Crippen molar-refractivity contribution < 1.29 is 14.4 Å². The summed E-state index contributed by atoms with van der Waals surface area (Å²) in [7, 11) is 1.63. The highest BCUT2D eigenvalue weighted by molar-refractivity contribution is 5.94. The van der Waals surface area contributed by atoms with Gasteiger partial charge >= 0.3 is 0 Å². The molecule has 3 aromatic rings. The highest BCUT2D eigenvalue weighted by Gasteiger charge is 2.12. The lowest BCUT2D eigenvalue weighted by molar-refractivity contribution is 0.0951. The van der Waals surface area contributed by atoms with Crippen LogP contribution >= 0.6 is 0 Å². The number of hydrogen-bond acceptors (Lipinski definition) is 4. The summed E-state index contributed by atoms with van der Waals surface area (Å²) in [5.41, 5.74) is 5.93. The molecule has 1 heterocycles. The number of hydrogen-bond donors (Lipinski definition) is 1. The predicted octanol–water partition coefficient (Wildman–Crippen LogP) is 4.87. The first-order valence-electron chi connectivity index (χ1n) is 9.85. The second-order valence-corrected chi connectivity index (χ2v) is 7.12. The number of methoxy groups -OCH3 is 1. The van der Waals surface area contributed by atoms with Crippen LogP contribution in [0.2, 0.25) is 0 Å². The van der Waals surface area contributed by atoms with E-state index in [-0.39, 0.29) is 5.91 Å². The minimum atomic E-state index is -0.106. The lowest BCUT2D eigenvalue weighted by atomic mass is 9.98. The van der Waals surface area contributed by atoms with Crippen LogP contribution in [-0.4, -0.2) is 19.6 Å². The molecule has 3 aromatic carbocycles. The maximum Gasteiger partial charge on any atom is 0.251 e.